The quantitative estimate of drug-likeness (QED) is 0.515. The normalized spacial score (nSPS) is 17.9. The molecule has 1 saturated carbocycles. The van der Waals surface area contributed by atoms with Crippen LogP contribution in [0.1, 0.15) is 12.8 Å². The van der Waals surface area contributed by atoms with Crippen LogP contribution >= 0.6 is 11.6 Å². The maximum Gasteiger partial charge on any atom is 0.306 e. The van der Waals surface area contributed by atoms with Gasteiger partial charge < -0.3 is 23.7 Å². The standard InChI is InChI=1S/C23H21ClO7/c1-28-22-19(25)17-3-2-4-18(24)21(17)31-20(22)13-5-7-15(8-6-13)29-9-10-30-16-11-14(12-16)23(26)27/h2-8,14,16H,9-12H2,1H3,(H,26,27). The monoisotopic (exact) mass is 444 g/mol. The van der Waals surface area contributed by atoms with Crippen LogP contribution in [-0.4, -0.2) is 37.5 Å². The van der Waals surface area contributed by atoms with Gasteiger partial charge >= 0.3 is 5.97 Å². The topological polar surface area (TPSA) is 95.2 Å². The lowest BCUT2D eigenvalue weighted by atomic mass is 9.82. The molecule has 1 aliphatic carbocycles. The molecule has 2 aromatic carbocycles. The van der Waals surface area contributed by atoms with Crippen LogP contribution in [0.15, 0.2) is 51.7 Å². The summed E-state index contributed by atoms with van der Waals surface area (Å²) < 4.78 is 22.5. The van der Waals surface area contributed by atoms with E-state index in [1.54, 1.807) is 42.5 Å². The van der Waals surface area contributed by atoms with E-state index in [-0.39, 0.29) is 23.2 Å². The zero-order valence-corrected chi connectivity index (χ0v) is 17.6. The summed E-state index contributed by atoms with van der Waals surface area (Å²) in [5, 5.41) is 9.57. The van der Waals surface area contributed by atoms with Crippen LogP contribution in [0.25, 0.3) is 22.3 Å². The first kappa shape index (κ1) is 21.2. The number of carboxylic acids is 1. The second kappa shape index (κ2) is 8.99. The van der Waals surface area contributed by atoms with Crippen molar-refractivity contribution in [1.29, 1.82) is 0 Å². The molecule has 0 bridgehead atoms. The summed E-state index contributed by atoms with van der Waals surface area (Å²) in [7, 11) is 1.42. The summed E-state index contributed by atoms with van der Waals surface area (Å²) in [4.78, 5) is 23.6. The molecule has 1 N–H and O–H groups in total. The Morgan fingerprint density at radius 1 is 1.16 bits per heavy atom. The van der Waals surface area contributed by atoms with Crippen molar-refractivity contribution in [2.75, 3.05) is 20.3 Å². The van der Waals surface area contributed by atoms with Gasteiger partial charge in [0.15, 0.2) is 11.3 Å². The lowest BCUT2D eigenvalue weighted by molar-refractivity contribution is -0.151. The van der Waals surface area contributed by atoms with Crippen molar-refractivity contribution < 1.29 is 28.5 Å². The Bertz CT molecular complexity index is 1150. The minimum Gasteiger partial charge on any atom is -0.491 e. The Kier molecular flexibility index (Phi) is 6.15. The molecule has 0 spiro atoms. The Hall–Kier alpha value is -3.03. The third-order valence-electron chi connectivity index (χ3n) is 5.30. The highest BCUT2D eigenvalue weighted by atomic mass is 35.5. The van der Waals surface area contributed by atoms with Gasteiger partial charge in [-0.3, -0.25) is 9.59 Å². The summed E-state index contributed by atoms with van der Waals surface area (Å²) in [6.45, 7) is 0.724. The molecule has 0 saturated heterocycles. The van der Waals surface area contributed by atoms with Gasteiger partial charge in [0.25, 0.3) is 0 Å². The van der Waals surface area contributed by atoms with Gasteiger partial charge in [0.1, 0.15) is 12.4 Å². The molecule has 4 rings (SSSR count). The van der Waals surface area contributed by atoms with Gasteiger partial charge in [-0.1, -0.05) is 17.7 Å². The lowest BCUT2D eigenvalue weighted by Crippen LogP contribution is -2.36. The Morgan fingerprint density at radius 3 is 2.58 bits per heavy atom. The molecule has 1 fully saturated rings. The molecule has 31 heavy (non-hydrogen) atoms. The molecule has 1 heterocycles. The molecule has 0 radical (unpaired) electrons. The van der Waals surface area contributed by atoms with Crippen LogP contribution in [0.5, 0.6) is 11.5 Å². The van der Waals surface area contributed by atoms with E-state index in [0.717, 1.165) is 0 Å². The number of carboxylic acid groups (broad SMARTS) is 1. The van der Waals surface area contributed by atoms with Gasteiger partial charge in [0.2, 0.25) is 11.2 Å². The number of rotatable bonds is 8. The summed E-state index contributed by atoms with van der Waals surface area (Å²) in [6, 6.07) is 12.0. The Balaban J connectivity index is 1.42. The van der Waals surface area contributed by atoms with Crippen molar-refractivity contribution >= 4 is 28.5 Å². The van der Waals surface area contributed by atoms with E-state index in [9.17, 15) is 9.59 Å². The van der Waals surface area contributed by atoms with Crippen molar-refractivity contribution in [1.82, 2.24) is 0 Å². The third-order valence-corrected chi connectivity index (χ3v) is 5.60. The first-order chi connectivity index (χ1) is 15.0. The smallest absolute Gasteiger partial charge is 0.306 e. The van der Waals surface area contributed by atoms with Crippen LogP contribution < -0.4 is 14.9 Å². The number of methoxy groups -OCH3 is 1. The minimum absolute atomic E-state index is 0.0119. The number of aliphatic carboxylic acids is 1. The number of ether oxygens (including phenoxy) is 3. The van der Waals surface area contributed by atoms with Gasteiger partial charge in [-0.2, -0.15) is 0 Å². The van der Waals surface area contributed by atoms with E-state index in [0.29, 0.717) is 59.1 Å². The van der Waals surface area contributed by atoms with Gasteiger partial charge in [-0.05, 0) is 49.2 Å². The highest BCUT2D eigenvalue weighted by Crippen LogP contribution is 2.34. The molecule has 162 valence electrons. The second-order valence-corrected chi connectivity index (χ2v) is 7.69. The van der Waals surface area contributed by atoms with Crippen molar-refractivity contribution in [3.05, 3.63) is 57.7 Å². The molecule has 3 aromatic rings. The highest BCUT2D eigenvalue weighted by molar-refractivity contribution is 6.34. The van der Waals surface area contributed by atoms with Gasteiger partial charge in [-0.25, -0.2) is 0 Å². The number of para-hydroxylation sites is 1. The van der Waals surface area contributed by atoms with E-state index < -0.39 is 5.97 Å². The van der Waals surface area contributed by atoms with Crippen LogP contribution in [-0.2, 0) is 9.53 Å². The van der Waals surface area contributed by atoms with Gasteiger partial charge in [-0.15, -0.1) is 0 Å². The molecule has 0 aliphatic heterocycles. The molecule has 1 aromatic heterocycles. The number of fused-ring (bicyclic) bond motifs is 1. The van der Waals surface area contributed by atoms with E-state index in [1.807, 2.05) is 0 Å². The van der Waals surface area contributed by atoms with Crippen molar-refractivity contribution in [3.8, 4) is 22.8 Å². The maximum absolute atomic E-state index is 12.8. The van der Waals surface area contributed by atoms with Crippen LogP contribution in [0.2, 0.25) is 5.02 Å². The number of halogens is 1. The van der Waals surface area contributed by atoms with E-state index in [2.05, 4.69) is 0 Å². The molecular formula is C23H21ClO7. The van der Waals surface area contributed by atoms with Crippen LogP contribution in [0, 0.1) is 5.92 Å². The largest absolute Gasteiger partial charge is 0.491 e. The predicted octanol–water partition coefficient (Wildman–Crippen LogP) is 4.38. The van der Waals surface area contributed by atoms with Crippen molar-refractivity contribution in [2.24, 2.45) is 5.92 Å². The summed E-state index contributed by atoms with van der Waals surface area (Å²) in [5.74, 6) is -0.0275. The maximum atomic E-state index is 12.8. The van der Waals surface area contributed by atoms with E-state index >= 15 is 0 Å². The van der Waals surface area contributed by atoms with Gasteiger partial charge in [0.05, 0.1) is 36.1 Å². The van der Waals surface area contributed by atoms with Gasteiger partial charge in [0, 0.05) is 5.56 Å². The zero-order chi connectivity index (χ0) is 22.0. The predicted molar refractivity (Wildman–Crippen MR) is 115 cm³/mol. The Morgan fingerprint density at radius 2 is 1.90 bits per heavy atom. The van der Waals surface area contributed by atoms with Crippen LogP contribution in [0.3, 0.4) is 0 Å². The summed E-state index contributed by atoms with van der Waals surface area (Å²) in [6.07, 6.45) is 1.09. The van der Waals surface area contributed by atoms with Crippen molar-refractivity contribution in [3.63, 3.8) is 0 Å². The first-order valence-electron chi connectivity index (χ1n) is 9.85. The zero-order valence-electron chi connectivity index (χ0n) is 16.8. The number of carbonyl (C=O) groups is 1. The van der Waals surface area contributed by atoms with Crippen molar-refractivity contribution in [2.45, 2.75) is 18.9 Å². The molecule has 8 heteroatoms. The molecule has 0 amide bonds. The first-order valence-corrected chi connectivity index (χ1v) is 10.2. The Labute approximate surface area is 183 Å². The van der Waals surface area contributed by atoms with E-state index in [1.165, 1.54) is 7.11 Å². The van der Waals surface area contributed by atoms with Crippen LogP contribution in [0.4, 0.5) is 0 Å². The number of hydrogen-bond donors (Lipinski definition) is 1. The fourth-order valence-corrected chi connectivity index (χ4v) is 3.73. The lowest BCUT2D eigenvalue weighted by Gasteiger charge is -2.31. The fraction of sp³-hybridized carbons (Fsp3) is 0.304. The summed E-state index contributed by atoms with van der Waals surface area (Å²) >= 11 is 6.21. The summed E-state index contributed by atoms with van der Waals surface area (Å²) in [5.41, 5.74) is 0.664. The molecule has 0 unspecified atom stereocenters. The van der Waals surface area contributed by atoms with E-state index in [4.69, 9.17) is 35.3 Å². The highest BCUT2D eigenvalue weighted by Gasteiger charge is 2.34. The molecule has 1 aliphatic rings. The SMILES string of the molecule is COc1c(-c2ccc(OCCOC3CC(C(=O)O)C3)cc2)oc2c(Cl)cccc2c1=O. The average molecular weight is 445 g/mol. The molecule has 7 nitrogen and oxygen atoms in total. The molecular weight excluding hydrogens is 424 g/mol. The third kappa shape index (κ3) is 4.38. The number of hydrogen-bond acceptors (Lipinski definition) is 6. The molecule has 0 atom stereocenters. The second-order valence-electron chi connectivity index (χ2n) is 7.28. The fourth-order valence-electron chi connectivity index (χ4n) is 3.52. The minimum atomic E-state index is -0.766. The average Bonchev–Trinajstić information content (AvgIpc) is 2.73. The number of benzene rings is 2.